The highest BCUT2D eigenvalue weighted by Gasteiger charge is 2.30. The Morgan fingerprint density at radius 1 is 1.17 bits per heavy atom. The zero-order valence-corrected chi connectivity index (χ0v) is 18.1. The summed E-state index contributed by atoms with van der Waals surface area (Å²) in [6.07, 6.45) is 1.06. The first kappa shape index (κ1) is 19.8. The minimum absolute atomic E-state index is 0.0716. The van der Waals surface area contributed by atoms with Crippen LogP contribution in [0.3, 0.4) is 0 Å². The summed E-state index contributed by atoms with van der Waals surface area (Å²) in [5.41, 5.74) is 7.77. The van der Waals surface area contributed by atoms with Crippen molar-refractivity contribution >= 4 is 17.3 Å². The van der Waals surface area contributed by atoms with Crippen molar-refractivity contribution < 1.29 is 9.90 Å². The predicted octanol–water partition coefficient (Wildman–Crippen LogP) is 3.83. The molecule has 29 heavy (non-hydrogen) atoms. The Morgan fingerprint density at radius 3 is 2.55 bits per heavy atom. The number of carbonyl (C=O) groups is 1. The largest absolute Gasteiger partial charge is 0.550 e. The molecule has 0 unspecified atom stereocenters. The molecule has 0 aliphatic carbocycles. The molecule has 0 atom stereocenters. The first-order valence-electron chi connectivity index (χ1n) is 10.5. The number of fused-ring (bicyclic) bond motifs is 1. The third-order valence-electron chi connectivity index (χ3n) is 6.24. The van der Waals surface area contributed by atoms with E-state index in [-0.39, 0.29) is 16.7 Å². The van der Waals surface area contributed by atoms with Gasteiger partial charge in [-0.3, -0.25) is 0 Å². The smallest absolute Gasteiger partial charge is 0.0480 e. The highest BCUT2D eigenvalue weighted by atomic mass is 16.4. The molecule has 0 amide bonds. The number of anilines is 2. The quantitative estimate of drug-likeness (QED) is 0.864. The van der Waals surface area contributed by atoms with Crippen molar-refractivity contribution in [3.63, 3.8) is 0 Å². The van der Waals surface area contributed by atoms with Gasteiger partial charge in [0.05, 0.1) is 0 Å². The number of carbonyl (C=O) groups excluding carboxylic acids is 1. The fourth-order valence-electron chi connectivity index (χ4n) is 4.33. The van der Waals surface area contributed by atoms with Crippen LogP contribution in [0.1, 0.15) is 45.7 Å². The fraction of sp³-hybridized carbons (Fsp3) is 0.480. The minimum Gasteiger partial charge on any atom is -0.550 e. The third kappa shape index (κ3) is 3.85. The van der Waals surface area contributed by atoms with Crippen molar-refractivity contribution in [3.8, 4) is 11.1 Å². The summed E-state index contributed by atoms with van der Waals surface area (Å²) in [5.74, 6) is -1.31. The molecule has 4 heteroatoms. The lowest BCUT2D eigenvalue weighted by Crippen LogP contribution is -2.54. The standard InChI is InChI=1S/C25H32N2O2/c1-24(2,3)19-9-17-12-25(4,5)15-26-22(17)21(11-19)16-7-6-8-20(10-16)27-13-18(14-27)23(28)29/h6-11,18,26H,12-15H2,1-5H3,(H,28,29)/p-1. The second kappa shape index (κ2) is 6.79. The van der Waals surface area contributed by atoms with E-state index in [2.05, 4.69) is 81.2 Å². The summed E-state index contributed by atoms with van der Waals surface area (Å²) in [5, 5.41) is 14.7. The zero-order chi connectivity index (χ0) is 21.0. The van der Waals surface area contributed by atoms with Crippen LogP contribution in [0.25, 0.3) is 11.1 Å². The van der Waals surface area contributed by atoms with Gasteiger partial charge in [0.25, 0.3) is 0 Å². The number of hydrogen-bond acceptors (Lipinski definition) is 4. The van der Waals surface area contributed by atoms with Crippen molar-refractivity contribution in [1.29, 1.82) is 0 Å². The molecular formula is C25H31N2O2-. The maximum atomic E-state index is 11.0. The van der Waals surface area contributed by atoms with E-state index in [9.17, 15) is 9.90 Å². The van der Waals surface area contributed by atoms with Gasteiger partial charge < -0.3 is 20.1 Å². The minimum atomic E-state index is -0.948. The monoisotopic (exact) mass is 391 g/mol. The van der Waals surface area contributed by atoms with Crippen molar-refractivity contribution in [2.75, 3.05) is 29.9 Å². The lowest BCUT2D eigenvalue weighted by molar-refractivity contribution is -0.312. The number of nitrogens with zero attached hydrogens (tertiary/aromatic N) is 1. The van der Waals surface area contributed by atoms with E-state index in [1.807, 2.05) is 0 Å². The average molecular weight is 392 g/mol. The van der Waals surface area contributed by atoms with Gasteiger partial charge in [0.15, 0.2) is 0 Å². The average Bonchev–Trinajstić information content (AvgIpc) is 2.57. The molecule has 154 valence electrons. The molecule has 2 aliphatic heterocycles. The molecule has 4 nitrogen and oxygen atoms in total. The van der Waals surface area contributed by atoms with Crippen molar-refractivity contribution in [2.24, 2.45) is 11.3 Å². The second-order valence-electron chi connectivity index (χ2n) is 10.5. The number of benzene rings is 2. The predicted molar refractivity (Wildman–Crippen MR) is 117 cm³/mol. The highest BCUT2D eigenvalue weighted by Crippen LogP contribution is 2.42. The maximum absolute atomic E-state index is 11.0. The molecule has 0 spiro atoms. The van der Waals surface area contributed by atoms with Crippen LogP contribution >= 0.6 is 0 Å². The Labute approximate surface area is 173 Å². The van der Waals surface area contributed by atoms with E-state index in [1.54, 1.807) is 0 Å². The summed E-state index contributed by atoms with van der Waals surface area (Å²) >= 11 is 0. The number of carboxylic acid groups (broad SMARTS) is 1. The number of rotatable bonds is 3. The van der Waals surface area contributed by atoms with E-state index in [4.69, 9.17) is 0 Å². The first-order chi connectivity index (χ1) is 13.5. The Morgan fingerprint density at radius 2 is 1.90 bits per heavy atom. The van der Waals surface area contributed by atoms with Crippen molar-refractivity contribution in [2.45, 2.75) is 46.5 Å². The highest BCUT2D eigenvalue weighted by molar-refractivity contribution is 5.84. The molecule has 0 bridgehead atoms. The fourth-order valence-corrected chi connectivity index (χ4v) is 4.33. The Hall–Kier alpha value is -2.49. The van der Waals surface area contributed by atoms with Crippen LogP contribution in [0.2, 0.25) is 0 Å². The molecule has 0 saturated carbocycles. The van der Waals surface area contributed by atoms with Crippen LogP contribution in [-0.4, -0.2) is 25.6 Å². The van der Waals surface area contributed by atoms with Crippen molar-refractivity contribution in [1.82, 2.24) is 0 Å². The van der Waals surface area contributed by atoms with Gasteiger partial charge in [-0.1, -0.05) is 52.8 Å². The molecule has 2 aliphatic rings. The number of carboxylic acids is 1. The Kier molecular flexibility index (Phi) is 4.64. The summed E-state index contributed by atoms with van der Waals surface area (Å²) < 4.78 is 0. The van der Waals surface area contributed by atoms with E-state index in [0.717, 1.165) is 18.7 Å². The van der Waals surface area contributed by atoms with Gasteiger partial charge in [-0.15, -0.1) is 0 Å². The van der Waals surface area contributed by atoms with Crippen LogP contribution in [0.15, 0.2) is 36.4 Å². The molecule has 1 fully saturated rings. The molecule has 1 saturated heterocycles. The van der Waals surface area contributed by atoms with Crippen LogP contribution in [0.4, 0.5) is 11.4 Å². The summed E-state index contributed by atoms with van der Waals surface area (Å²) in [4.78, 5) is 13.2. The summed E-state index contributed by atoms with van der Waals surface area (Å²) in [7, 11) is 0. The van der Waals surface area contributed by atoms with Crippen molar-refractivity contribution in [3.05, 3.63) is 47.5 Å². The zero-order valence-electron chi connectivity index (χ0n) is 18.1. The first-order valence-corrected chi connectivity index (χ1v) is 10.5. The van der Waals surface area contributed by atoms with Crippen LogP contribution in [0.5, 0.6) is 0 Å². The van der Waals surface area contributed by atoms with E-state index in [0.29, 0.717) is 13.1 Å². The number of nitrogens with one attached hydrogen (secondary N) is 1. The van der Waals surface area contributed by atoms with Crippen LogP contribution < -0.4 is 15.3 Å². The number of aliphatic carboxylic acids is 1. The van der Waals surface area contributed by atoms with Crippen LogP contribution in [-0.2, 0) is 16.6 Å². The normalized spacial score (nSPS) is 18.6. The number of hydrogen-bond donors (Lipinski definition) is 1. The molecule has 0 aromatic heterocycles. The van der Waals surface area contributed by atoms with Gasteiger partial charge in [-0.05, 0) is 52.1 Å². The molecule has 1 N–H and O–H groups in total. The molecular weight excluding hydrogens is 360 g/mol. The van der Waals surface area contributed by atoms with Gasteiger partial charge in [-0.2, -0.15) is 0 Å². The van der Waals surface area contributed by atoms with E-state index >= 15 is 0 Å². The summed E-state index contributed by atoms with van der Waals surface area (Å²) in [6.45, 7) is 13.4. The SMILES string of the molecule is CC1(C)CNc2c(cc(C(C)(C)C)cc2-c2cccc(N3CC(C(=O)[O-])C3)c2)C1. The molecule has 2 aromatic rings. The van der Waals surface area contributed by atoms with E-state index in [1.165, 1.54) is 27.9 Å². The van der Waals surface area contributed by atoms with Gasteiger partial charge in [0.1, 0.15) is 0 Å². The van der Waals surface area contributed by atoms with Gasteiger partial charge >= 0.3 is 0 Å². The lowest BCUT2D eigenvalue weighted by Gasteiger charge is -2.41. The van der Waals surface area contributed by atoms with Crippen LogP contribution in [0, 0.1) is 11.3 Å². The Bertz CT molecular complexity index is 950. The molecule has 2 aromatic carbocycles. The summed E-state index contributed by atoms with van der Waals surface area (Å²) in [6, 6.07) is 13.2. The topological polar surface area (TPSA) is 55.4 Å². The molecule has 4 rings (SSSR count). The van der Waals surface area contributed by atoms with E-state index < -0.39 is 5.97 Å². The van der Waals surface area contributed by atoms with Gasteiger partial charge in [0.2, 0.25) is 0 Å². The third-order valence-corrected chi connectivity index (χ3v) is 6.24. The maximum Gasteiger partial charge on any atom is 0.0480 e. The lowest BCUT2D eigenvalue weighted by atomic mass is 9.77. The van der Waals surface area contributed by atoms with Gasteiger partial charge in [-0.25, -0.2) is 0 Å². The van der Waals surface area contributed by atoms with Gasteiger partial charge in [0, 0.05) is 48.5 Å². The Balaban J connectivity index is 1.75. The second-order valence-corrected chi connectivity index (χ2v) is 10.5. The molecule has 0 radical (unpaired) electrons. The molecule has 2 heterocycles.